The van der Waals surface area contributed by atoms with Crippen LogP contribution >= 0.6 is 0 Å². The zero-order valence-corrected chi connectivity index (χ0v) is 10.0. The lowest BCUT2D eigenvalue weighted by atomic mass is 9.96. The van der Waals surface area contributed by atoms with E-state index >= 15 is 0 Å². The van der Waals surface area contributed by atoms with Crippen LogP contribution in [-0.4, -0.2) is 73.0 Å². The van der Waals surface area contributed by atoms with Crippen LogP contribution in [0.2, 0.25) is 0 Å². The Labute approximate surface area is 104 Å². The molecule has 8 nitrogen and oxygen atoms in total. The molecule has 2 fully saturated rings. The van der Waals surface area contributed by atoms with E-state index < -0.39 is 23.7 Å². The Bertz CT molecular complexity index is 345. The van der Waals surface area contributed by atoms with Crippen LogP contribution in [0.1, 0.15) is 0 Å². The molecule has 18 heavy (non-hydrogen) atoms. The Morgan fingerprint density at radius 1 is 1.44 bits per heavy atom. The van der Waals surface area contributed by atoms with Crippen molar-refractivity contribution in [1.29, 1.82) is 0 Å². The second-order valence-corrected chi connectivity index (χ2v) is 4.73. The van der Waals surface area contributed by atoms with Crippen molar-refractivity contribution in [2.75, 3.05) is 39.3 Å². The number of carbonyl (C=O) groups excluding carboxylic acids is 2. The molecular formula is C10H18N4O4. The first-order chi connectivity index (χ1) is 8.50. The van der Waals surface area contributed by atoms with Gasteiger partial charge in [-0.25, -0.2) is 4.79 Å². The monoisotopic (exact) mass is 258 g/mol. The number of hydrogen-bond acceptors (Lipinski definition) is 7. The predicted octanol–water partition coefficient (Wildman–Crippen LogP) is -3.42. The highest BCUT2D eigenvalue weighted by Crippen LogP contribution is 2.16. The fourth-order valence-electron chi connectivity index (χ4n) is 2.10. The summed E-state index contributed by atoms with van der Waals surface area (Å²) in [7, 11) is 0. The second kappa shape index (κ2) is 5.19. The predicted molar refractivity (Wildman–Crippen MR) is 61.3 cm³/mol. The minimum Gasteiger partial charge on any atom is -0.438 e. The van der Waals surface area contributed by atoms with Crippen LogP contribution in [0.15, 0.2) is 0 Å². The summed E-state index contributed by atoms with van der Waals surface area (Å²) in [4.78, 5) is 23.7. The molecule has 0 saturated carbocycles. The van der Waals surface area contributed by atoms with Crippen molar-refractivity contribution in [2.24, 2.45) is 5.73 Å². The Balaban J connectivity index is 1.92. The standard InChI is InChI=1S/C10H18N4O4/c11-8(15)9(16)18-7-3-12-1-2-14(7)6-10(17)4-13-5-10/h7,12-13,17H,1-6H2,(H2,11,15). The molecule has 1 amide bonds. The number of carbonyl (C=O) groups is 2. The van der Waals surface area contributed by atoms with Gasteiger partial charge in [0.15, 0.2) is 6.23 Å². The van der Waals surface area contributed by atoms with Gasteiger partial charge in [-0.05, 0) is 0 Å². The average Bonchev–Trinajstić information content (AvgIpc) is 2.29. The number of nitrogens with one attached hydrogen (secondary N) is 2. The Kier molecular flexibility index (Phi) is 3.81. The number of piperazine rings is 1. The summed E-state index contributed by atoms with van der Waals surface area (Å²) in [5.74, 6) is -2.16. The molecule has 0 radical (unpaired) electrons. The Morgan fingerprint density at radius 3 is 2.72 bits per heavy atom. The third-order valence-electron chi connectivity index (χ3n) is 3.15. The highest BCUT2D eigenvalue weighted by molar-refractivity contribution is 6.31. The highest BCUT2D eigenvalue weighted by atomic mass is 16.6. The van der Waals surface area contributed by atoms with Gasteiger partial charge in [-0.2, -0.15) is 0 Å². The number of primary amides is 1. The van der Waals surface area contributed by atoms with Crippen molar-refractivity contribution in [1.82, 2.24) is 15.5 Å². The van der Waals surface area contributed by atoms with E-state index in [0.717, 1.165) is 6.54 Å². The molecule has 2 aliphatic rings. The maximum atomic E-state index is 11.2. The lowest BCUT2D eigenvalue weighted by molar-refractivity contribution is -0.170. The molecule has 5 N–H and O–H groups in total. The van der Waals surface area contributed by atoms with E-state index in [9.17, 15) is 14.7 Å². The largest absolute Gasteiger partial charge is 0.438 e. The van der Waals surface area contributed by atoms with Crippen molar-refractivity contribution < 1.29 is 19.4 Å². The van der Waals surface area contributed by atoms with Gasteiger partial charge in [0.05, 0.1) is 0 Å². The molecule has 2 heterocycles. The molecule has 1 atom stereocenters. The van der Waals surface area contributed by atoms with E-state index in [4.69, 9.17) is 10.5 Å². The summed E-state index contributed by atoms with van der Waals surface area (Å²) < 4.78 is 5.00. The quantitative estimate of drug-likeness (QED) is 0.307. The number of hydrogen-bond donors (Lipinski definition) is 4. The molecule has 0 aliphatic carbocycles. The molecule has 102 valence electrons. The fourth-order valence-corrected chi connectivity index (χ4v) is 2.10. The summed E-state index contributed by atoms with van der Waals surface area (Å²) in [6.07, 6.45) is -0.566. The minimum absolute atomic E-state index is 0.401. The maximum absolute atomic E-state index is 11.2. The minimum atomic E-state index is -1.11. The second-order valence-electron chi connectivity index (χ2n) is 4.73. The molecule has 2 aliphatic heterocycles. The summed E-state index contributed by atoms with van der Waals surface area (Å²) in [5, 5.41) is 16.1. The van der Waals surface area contributed by atoms with Crippen LogP contribution in [0.3, 0.4) is 0 Å². The van der Waals surface area contributed by atoms with Gasteiger partial charge in [-0.1, -0.05) is 0 Å². The van der Waals surface area contributed by atoms with Crippen molar-refractivity contribution in [3.63, 3.8) is 0 Å². The van der Waals surface area contributed by atoms with Crippen LogP contribution in [0.5, 0.6) is 0 Å². The number of nitrogens with two attached hydrogens (primary N) is 1. The molecular weight excluding hydrogens is 240 g/mol. The van der Waals surface area contributed by atoms with E-state index in [0.29, 0.717) is 32.7 Å². The molecule has 0 aromatic carbocycles. The smallest absolute Gasteiger partial charge is 0.398 e. The number of amides is 1. The van der Waals surface area contributed by atoms with Gasteiger partial charge in [-0.3, -0.25) is 9.69 Å². The van der Waals surface area contributed by atoms with Crippen LogP contribution in [-0.2, 0) is 14.3 Å². The molecule has 0 spiro atoms. The van der Waals surface area contributed by atoms with Crippen molar-refractivity contribution in [3.8, 4) is 0 Å². The first-order valence-corrected chi connectivity index (χ1v) is 5.88. The zero-order valence-electron chi connectivity index (χ0n) is 10.0. The fraction of sp³-hybridized carbons (Fsp3) is 0.800. The van der Waals surface area contributed by atoms with Gasteiger partial charge < -0.3 is 26.2 Å². The van der Waals surface area contributed by atoms with Gasteiger partial charge >= 0.3 is 11.9 Å². The van der Waals surface area contributed by atoms with E-state index in [1.54, 1.807) is 0 Å². The normalized spacial score (nSPS) is 27.3. The molecule has 0 bridgehead atoms. The Morgan fingerprint density at radius 2 is 2.17 bits per heavy atom. The van der Waals surface area contributed by atoms with Gasteiger partial charge in [0, 0.05) is 39.3 Å². The zero-order chi connectivity index (χ0) is 13.2. The summed E-state index contributed by atoms with van der Waals surface area (Å²) in [6.45, 7) is 3.24. The molecule has 0 aromatic heterocycles. The van der Waals surface area contributed by atoms with Crippen molar-refractivity contribution in [3.05, 3.63) is 0 Å². The molecule has 2 rings (SSSR count). The van der Waals surface area contributed by atoms with E-state index in [1.807, 2.05) is 4.90 Å². The van der Waals surface area contributed by atoms with E-state index in [-0.39, 0.29) is 0 Å². The number of rotatable bonds is 3. The van der Waals surface area contributed by atoms with Crippen LogP contribution in [0.25, 0.3) is 0 Å². The lowest BCUT2D eigenvalue weighted by Crippen LogP contribution is -2.67. The van der Waals surface area contributed by atoms with E-state index in [2.05, 4.69) is 10.6 Å². The van der Waals surface area contributed by atoms with Crippen LogP contribution < -0.4 is 16.4 Å². The number of ether oxygens (including phenoxy) is 1. The van der Waals surface area contributed by atoms with Crippen molar-refractivity contribution >= 4 is 11.9 Å². The number of esters is 1. The molecule has 1 unspecified atom stereocenters. The topological polar surface area (TPSA) is 117 Å². The third kappa shape index (κ3) is 2.96. The SMILES string of the molecule is NC(=O)C(=O)OC1CNCCN1CC1(O)CNC1. The van der Waals surface area contributed by atoms with Gasteiger partial charge in [0.1, 0.15) is 5.60 Å². The number of β-amino-alcohol motifs (C(OH)–C–C–N with tert-alkyl or cyclic N) is 1. The summed E-state index contributed by atoms with van der Waals surface area (Å²) >= 11 is 0. The maximum Gasteiger partial charge on any atom is 0.398 e. The average molecular weight is 258 g/mol. The van der Waals surface area contributed by atoms with Crippen LogP contribution in [0, 0.1) is 0 Å². The Hall–Kier alpha value is -1.22. The van der Waals surface area contributed by atoms with Crippen LogP contribution in [0.4, 0.5) is 0 Å². The number of nitrogens with zero attached hydrogens (tertiary/aromatic N) is 1. The first kappa shape index (κ1) is 13.2. The van der Waals surface area contributed by atoms with E-state index in [1.165, 1.54) is 0 Å². The van der Waals surface area contributed by atoms with Gasteiger partial charge in [0.25, 0.3) is 0 Å². The molecule has 2 saturated heterocycles. The summed E-state index contributed by atoms with van der Waals surface area (Å²) in [6, 6.07) is 0. The van der Waals surface area contributed by atoms with Crippen molar-refractivity contribution in [2.45, 2.75) is 11.8 Å². The highest BCUT2D eigenvalue weighted by Gasteiger charge is 2.39. The first-order valence-electron chi connectivity index (χ1n) is 5.88. The number of aliphatic hydroxyl groups is 1. The van der Waals surface area contributed by atoms with Gasteiger partial charge in [-0.15, -0.1) is 0 Å². The summed E-state index contributed by atoms with van der Waals surface area (Å²) in [5.41, 5.74) is 4.07. The lowest BCUT2D eigenvalue weighted by Gasteiger charge is -2.44. The van der Waals surface area contributed by atoms with Gasteiger partial charge in [0.2, 0.25) is 0 Å². The molecule has 8 heteroatoms. The third-order valence-corrected chi connectivity index (χ3v) is 3.15. The molecule has 0 aromatic rings.